The first kappa shape index (κ1) is 15.3. The number of benzene rings is 1. The van der Waals surface area contributed by atoms with E-state index in [9.17, 15) is 0 Å². The van der Waals surface area contributed by atoms with E-state index in [0.29, 0.717) is 12.1 Å². The third kappa shape index (κ3) is 3.44. The number of nitrogens with one attached hydrogen (secondary N) is 1. The van der Waals surface area contributed by atoms with Crippen molar-refractivity contribution in [3.05, 3.63) is 34.9 Å². The Kier molecular flexibility index (Phi) is 4.88. The second-order valence-corrected chi connectivity index (χ2v) is 7.29. The van der Waals surface area contributed by atoms with E-state index in [1.807, 2.05) is 12.1 Å². The van der Waals surface area contributed by atoms with Crippen LogP contribution in [0.5, 0.6) is 0 Å². The molecule has 4 unspecified atom stereocenters. The van der Waals surface area contributed by atoms with Crippen LogP contribution < -0.4 is 5.32 Å². The van der Waals surface area contributed by atoms with Crippen LogP contribution in [0.25, 0.3) is 0 Å². The largest absolute Gasteiger partial charge is 0.310 e. The van der Waals surface area contributed by atoms with Crippen LogP contribution in [-0.2, 0) is 0 Å². The predicted molar refractivity (Wildman–Crippen MR) is 89.8 cm³/mol. The van der Waals surface area contributed by atoms with E-state index in [4.69, 9.17) is 11.6 Å². The average Bonchev–Trinajstić information content (AvgIpc) is 2.89. The Morgan fingerprint density at radius 3 is 2.81 bits per heavy atom. The van der Waals surface area contributed by atoms with Gasteiger partial charge in [-0.1, -0.05) is 42.6 Å². The van der Waals surface area contributed by atoms with Crippen LogP contribution in [0.15, 0.2) is 24.3 Å². The Morgan fingerprint density at radius 1 is 1.29 bits per heavy atom. The molecule has 0 aromatic heterocycles. The van der Waals surface area contributed by atoms with Crippen molar-refractivity contribution in [3.8, 4) is 0 Å². The number of nitrogens with zero attached hydrogens (tertiary/aromatic N) is 1. The van der Waals surface area contributed by atoms with Crippen LogP contribution in [-0.4, -0.2) is 30.6 Å². The van der Waals surface area contributed by atoms with E-state index < -0.39 is 0 Å². The van der Waals surface area contributed by atoms with E-state index in [-0.39, 0.29) is 0 Å². The summed E-state index contributed by atoms with van der Waals surface area (Å²) in [6, 6.07) is 10.0. The van der Waals surface area contributed by atoms with E-state index in [1.54, 1.807) is 0 Å². The molecule has 3 rings (SSSR count). The van der Waals surface area contributed by atoms with Gasteiger partial charge < -0.3 is 5.32 Å². The fourth-order valence-corrected chi connectivity index (χ4v) is 4.42. The molecule has 1 aliphatic heterocycles. The Labute approximate surface area is 133 Å². The van der Waals surface area contributed by atoms with E-state index in [2.05, 4.69) is 36.3 Å². The van der Waals surface area contributed by atoms with Crippen LogP contribution in [0.1, 0.15) is 50.6 Å². The minimum Gasteiger partial charge on any atom is -0.310 e. The summed E-state index contributed by atoms with van der Waals surface area (Å²) >= 11 is 6.34. The molecule has 4 atom stereocenters. The summed E-state index contributed by atoms with van der Waals surface area (Å²) < 4.78 is 0. The van der Waals surface area contributed by atoms with Gasteiger partial charge in [0.25, 0.3) is 0 Å². The molecule has 2 fully saturated rings. The van der Waals surface area contributed by atoms with Crippen molar-refractivity contribution in [2.75, 3.05) is 13.6 Å². The maximum atomic E-state index is 6.34. The quantitative estimate of drug-likeness (QED) is 0.894. The lowest BCUT2D eigenvalue weighted by atomic mass is 9.85. The number of fused-ring (bicyclic) bond motifs is 1. The monoisotopic (exact) mass is 306 g/mol. The second-order valence-electron chi connectivity index (χ2n) is 6.89. The number of hydrogen-bond acceptors (Lipinski definition) is 2. The van der Waals surface area contributed by atoms with Crippen LogP contribution in [0.4, 0.5) is 0 Å². The summed E-state index contributed by atoms with van der Waals surface area (Å²) in [5, 5.41) is 4.75. The smallest absolute Gasteiger partial charge is 0.0453 e. The van der Waals surface area contributed by atoms with Gasteiger partial charge in [0.1, 0.15) is 0 Å². The first-order valence-electron chi connectivity index (χ1n) is 8.36. The predicted octanol–water partition coefficient (Wildman–Crippen LogP) is 4.25. The molecule has 0 spiro atoms. The third-order valence-corrected chi connectivity index (χ3v) is 5.82. The average molecular weight is 307 g/mol. The van der Waals surface area contributed by atoms with Gasteiger partial charge in [-0.25, -0.2) is 0 Å². The fourth-order valence-electron chi connectivity index (χ4n) is 4.13. The molecule has 1 N–H and O–H groups in total. The molecule has 1 heterocycles. The highest BCUT2D eigenvalue weighted by atomic mass is 35.5. The Balaban J connectivity index is 1.59. The van der Waals surface area contributed by atoms with Gasteiger partial charge in [0, 0.05) is 29.7 Å². The van der Waals surface area contributed by atoms with Crippen molar-refractivity contribution in [1.82, 2.24) is 10.2 Å². The van der Waals surface area contributed by atoms with Crippen molar-refractivity contribution in [3.63, 3.8) is 0 Å². The molecular weight excluding hydrogens is 280 g/mol. The molecule has 1 aliphatic carbocycles. The van der Waals surface area contributed by atoms with Crippen LogP contribution in [0.3, 0.4) is 0 Å². The Bertz CT molecular complexity index is 462. The van der Waals surface area contributed by atoms with Gasteiger partial charge in [0.15, 0.2) is 0 Å². The van der Waals surface area contributed by atoms with E-state index in [1.165, 1.54) is 37.7 Å². The van der Waals surface area contributed by atoms with Gasteiger partial charge in [-0.15, -0.1) is 0 Å². The molecule has 0 bridgehead atoms. The highest BCUT2D eigenvalue weighted by Gasteiger charge is 2.35. The van der Waals surface area contributed by atoms with Crippen LogP contribution in [0, 0.1) is 5.92 Å². The normalized spacial score (nSPS) is 30.4. The molecule has 1 aromatic rings. The maximum absolute atomic E-state index is 6.34. The molecule has 21 heavy (non-hydrogen) atoms. The van der Waals surface area contributed by atoms with E-state index >= 15 is 0 Å². The molecule has 2 aliphatic rings. The highest BCUT2D eigenvalue weighted by Crippen LogP contribution is 2.34. The molecule has 1 aromatic carbocycles. The SMILES string of the molecule is CC(c1ccccc1Cl)N(C)CC1CC2CCCCC2N1. The number of halogens is 1. The molecule has 1 saturated carbocycles. The molecule has 0 radical (unpaired) electrons. The van der Waals surface area contributed by atoms with Gasteiger partial charge in [-0.05, 0) is 50.8 Å². The summed E-state index contributed by atoms with van der Waals surface area (Å²) in [5.74, 6) is 0.924. The molecule has 0 amide bonds. The zero-order chi connectivity index (χ0) is 14.8. The lowest BCUT2D eigenvalue weighted by Gasteiger charge is -2.28. The summed E-state index contributed by atoms with van der Waals surface area (Å²) in [4.78, 5) is 2.44. The molecule has 2 nitrogen and oxygen atoms in total. The summed E-state index contributed by atoms with van der Waals surface area (Å²) in [5.41, 5.74) is 1.23. The van der Waals surface area contributed by atoms with Gasteiger partial charge in [0.05, 0.1) is 0 Å². The lowest BCUT2D eigenvalue weighted by Crippen LogP contribution is -2.40. The van der Waals surface area contributed by atoms with E-state index in [0.717, 1.165) is 23.5 Å². The second kappa shape index (κ2) is 6.68. The van der Waals surface area contributed by atoms with Crippen molar-refractivity contribution >= 4 is 11.6 Å². The van der Waals surface area contributed by atoms with Crippen LogP contribution in [0.2, 0.25) is 5.02 Å². The van der Waals surface area contributed by atoms with Gasteiger partial charge >= 0.3 is 0 Å². The minimum atomic E-state index is 0.364. The first-order chi connectivity index (χ1) is 10.1. The highest BCUT2D eigenvalue weighted by molar-refractivity contribution is 6.31. The maximum Gasteiger partial charge on any atom is 0.0453 e. The topological polar surface area (TPSA) is 15.3 Å². The fraction of sp³-hybridized carbons (Fsp3) is 0.667. The number of rotatable bonds is 4. The van der Waals surface area contributed by atoms with Crippen molar-refractivity contribution < 1.29 is 0 Å². The zero-order valence-corrected chi connectivity index (χ0v) is 13.9. The van der Waals surface area contributed by atoms with Crippen molar-refractivity contribution in [1.29, 1.82) is 0 Å². The standard InChI is InChI=1S/C18H27ClN2/c1-13(16-8-4-5-9-17(16)19)21(2)12-15-11-14-7-3-6-10-18(14)20-15/h4-5,8-9,13-15,18,20H,3,6-7,10-12H2,1-2H3. The van der Waals surface area contributed by atoms with Gasteiger partial charge in [-0.2, -0.15) is 0 Å². The summed E-state index contributed by atoms with van der Waals surface area (Å²) in [6.45, 7) is 3.36. The first-order valence-corrected chi connectivity index (χ1v) is 8.73. The Hall–Kier alpha value is -0.570. The molecule has 3 heteroatoms. The van der Waals surface area contributed by atoms with Crippen LogP contribution >= 0.6 is 11.6 Å². The molecule has 1 saturated heterocycles. The molecular formula is C18H27ClN2. The summed E-state index contributed by atoms with van der Waals surface area (Å²) in [7, 11) is 2.22. The third-order valence-electron chi connectivity index (χ3n) is 5.47. The lowest BCUT2D eigenvalue weighted by molar-refractivity contribution is 0.235. The summed E-state index contributed by atoms with van der Waals surface area (Å²) in [6.07, 6.45) is 7.00. The minimum absolute atomic E-state index is 0.364. The van der Waals surface area contributed by atoms with Crippen molar-refractivity contribution in [2.45, 2.75) is 57.2 Å². The number of hydrogen-bond donors (Lipinski definition) is 1. The van der Waals surface area contributed by atoms with Gasteiger partial charge in [0.2, 0.25) is 0 Å². The van der Waals surface area contributed by atoms with Crippen molar-refractivity contribution in [2.24, 2.45) is 5.92 Å². The van der Waals surface area contributed by atoms with Gasteiger partial charge in [-0.3, -0.25) is 4.90 Å². The Morgan fingerprint density at radius 2 is 2.05 bits per heavy atom. The molecule has 116 valence electrons. The zero-order valence-electron chi connectivity index (χ0n) is 13.2. The number of likely N-dealkylation sites (N-methyl/N-ethyl adjacent to an activating group) is 1.